The number of rotatable bonds is 3. The van der Waals surface area contributed by atoms with Crippen LogP contribution in [0.15, 0.2) is 24.5 Å². The molecule has 0 bridgehead atoms. The van der Waals surface area contributed by atoms with E-state index >= 15 is 0 Å². The molecule has 0 spiro atoms. The van der Waals surface area contributed by atoms with Gasteiger partial charge in [0.1, 0.15) is 12.1 Å². The van der Waals surface area contributed by atoms with Gasteiger partial charge in [0.25, 0.3) is 0 Å². The lowest BCUT2D eigenvalue weighted by molar-refractivity contribution is -0.124. The fraction of sp³-hybridized carbons (Fsp3) is 0.357. The van der Waals surface area contributed by atoms with E-state index in [1.807, 2.05) is 18.2 Å². The molecule has 1 fully saturated rings. The molecule has 20 heavy (non-hydrogen) atoms. The number of nitrogens with one attached hydrogen (secondary N) is 2. The van der Waals surface area contributed by atoms with Crippen LogP contribution in [0, 0.1) is 0 Å². The normalized spacial score (nSPS) is 19.0. The molecule has 3 rings (SSSR count). The Morgan fingerprint density at radius 2 is 2.20 bits per heavy atom. The first kappa shape index (κ1) is 12.8. The molecule has 4 N–H and O–H groups in total. The summed E-state index contributed by atoms with van der Waals surface area (Å²) < 4.78 is 0. The molecule has 1 aliphatic heterocycles. The van der Waals surface area contributed by atoms with Gasteiger partial charge in [-0.25, -0.2) is 9.97 Å². The molecule has 1 aliphatic rings. The number of carbonyl (C=O) groups excluding carboxylic acids is 1. The lowest BCUT2D eigenvalue weighted by atomic mass is 10.0. The summed E-state index contributed by atoms with van der Waals surface area (Å²) in [6.45, 7) is 1.54. The number of amides is 1. The van der Waals surface area contributed by atoms with Crippen molar-refractivity contribution in [3.63, 3.8) is 0 Å². The zero-order chi connectivity index (χ0) is 13.9. The van der Waals surface area contributed by atoms with Gasteiger partial charge in [0.15, 0.2) is 0 Å². The minimum Gasteiger partial charge on any atom is -0.383 e. The standard InChI is InChI=1S/C14H17N5O/c15-13-10-3-1-9(7-12(10)18-8-19-13)2-4-11-14(20)17-6-5-16-11/h1,3,7-8,11,16H,2,4-6H2,(H,17,20)(H2,15,18,19). The summed E-state index contributed by atoms with van der Waals surface area (Å²) in [6.07, 6.45) is 3.07. The summed E-state index contributed by atoms with van der Waals surface area (Å²) in [5.41, 5.74) is 7.79. The van der Waals surface area contributed by atoms with Gasteiger partial charge in [0.05, 0.1) is 11.6 Å². The molecule has 6 nitrogen and oxygen atoms in total. The molecule has 104 valence electrons. The van der Waals surface area contributed by atoms with Gasteiger partial charge in [-0.2, -0.15) is 0 Å². The van der Waals surface area contributed by atoms with Crippen molar-refractivity contribution in [3.8, 4) is 0 Å². The average molecular weight is 271 g/mol. The number of nitrogens with zero attached hydrogens (tertiary/aromatic N) is 2. The van der Waals surface area contributed by atoms with E-state index in [-0.39, 0.29) is 11.9 Å². The van der Waals surface area contributed by atoms with Gasteiger partial charge >= 0.3 is 0 Å². The van der Waals surface area contributed by atoms with E-state index in [9.17, 15) is 4.79 Å². The van der Waals surface area contributed by atoms with Crippen LogP contribution in [0.5, 0.6) is 0 Å². The number of piperazine rings is 1. The Hall–Kier alpha value is -2.21. The number of fused-ring (bicyclic) bond motifs is 1. The number of aryl methyl sites for hydroxylation is 1. The fourth-order valence-electron chi connectivity index (χ4n) is 2.47. The molecule has 2 heterocycles. The Kier molecular flexibility index (Phi) is 3.47. The molecule has 1 unspecified atom stereocenters. The topological polar surface area (TPSA) is 92.9 Å². The number of nitrogen functional groups attached to an aromatic ring is 1. The molecule has 0 radical (unpaired) electrons. The molecular weight excluding hydrogens is 254 g/mol. The van der Waals surface area contributed by atoms with Crippen molar-refractivity contribution in [2.24, 2.45) is 0 Å². The van der Waals surface area contributed by atoms with Crippen LogP contribution in [0.3, 0.4) is 0 Å². The summed E-state index contributed by atoms with van der Waals surface area (Å²) in [6, 6.07) is 5.86. The van der Waals surface area contributed by atoms with Gasteiger partial charge in [0, 0.05) is 18.5 Å². The van der Waals surface area contributed by atoms with Crippen LogP contribution in [-0.2, 0) is 11.2 Å². The van der Waals surface area contributed by atoms with E-state index < -0.39 is 0 Å². The Morgan fingerprint density at radius 1 is 1.30 bits per heavy atom. The summed E-state index contributed by atoms with van der Waals surface area (Å²) in [5.74, 6) is 0.582. The zero-order valence-electron chi connectivity index (χ0n) is 11.1. The zero-order valence-corrected chi connectivity index (χ0v) is 11.1. The SMILES string of the molecule is Nc1ncnc2cc(CCC3NCCNC3=O)ccc12. The average Bonchev–Trinajstić information content (AvgIpc) is 2.46. The van der Waals surface area contributed by atoms with Crippen LogP contribution in [0.1, 0.15) is 12.0 Å². The summed E-state index contributed by atoms with van der Waals surface area (Å²) in [5, 5.41) is 6.96. The quantitative estimate of drug-likeness (QED) is 0.743. The van der Waals surface area contributed by atoms with E-state index in [1.54, 1.807) is 0 Å². The van der Waals surface area contributed by atoms with Crippen molar-refractivity contribution < 1.29 is 4.79 Å². The highest BCUT2D eigenvalue weighted by molar-refractivity contribution is 5.88. The van der Waals surface area contributed by atoms with Crippen molar-refractivity contribution in [1.29, 1.82) is 0 Å². The summed E-state index contributed by atoms with van der Waals surface area (Å²) in [7, 11) is 0. The second-order valence-corrected chi connectivity index (χ2v) is 4.95. The monoisotopic (exact) mass is 271 g/mol. The maximum atomic E-state index is 11.7. The first-order valence-electron chi connectivity index (χ1n) is 6.74. The lowest BCUT2D eigenvalue weighted by Gasteiger charge is -2.23. The number of anilines is 1. The number of hydrogen-bond acceptors (Lipinski definition) is 5. The number of carbonyl (C=O) groups is 1. The van der Waals surface area contributed by atoms with E-state index in [0.717, 1.165) is 35.9 Å². The smallest absolute Gasteiger partial charge is 0.237 e. The highest BCUT2D eigenvalue weighted by atomic mass is 16.2. The van der Waals surface area contributed by atoms with E-state index in [1.165, 1.54) is 6.33 Å². The minimum absolute atomic E-state index is 0.0867. The van der Waals surface area contributed by atoms with Crippen molar-refractivity contribution in [3.05, 3.63) is 30.1 Å². The first-order valence-corrected chi connectivity index (χ1v) is 6.74. The maximum Gasteiger partial charge on any atom is 0.237 e. The van der Waals surface area contributed by atoms with Gasteiger partial charge in [-0.1, -0.05) is 6.07 Å². The second kappa shape index (κ2) is 5.42. The molecule has 1 amide bonds. The van der Waals surface area contributed by atoms with Gasteiger partial charge in [-0.05, 0) is 30.5 Å². The van der Waals surface area contributed by atoms with Gasteiger partial charge in [0.2, 0.25) is 5.91 Å². The number of aromatic nitrogens is 2. The predicted octanol–water partition coefficient (Wildman–Crippen LogP) is 0.233. The first-order chi connectivity index (χ1) is 9.74. The molecule has 2 aromatic rings. The van der Waals surface area contributed by atoms with Crippen molar-refractivity contribution in [2.75, 3.05) is 18.8 Å². The van der Waals surface area contributed by atoms with Gasteiger partial charge in [-0.3, -0.25) is 4.79 Å². The predicted molar refractivity (Wildman–Crippen MR) is 77.1 cm³/mol. The summed E-state index contributed by atoms with van der Waals surface area (Å²) in [4.78, 5) is 19.9. The van der Waals surface area contributed by atoms with E-state index in [4.69, 9.17) is 5.73 Å². The fourth-order valence-corrected chi connectivity index (χ4v) is 2.47. The van der Waals surface area contributed by atoms with Crippen LogP contribution in [-0.4, -0.2) is 35.0 Å². The molecule has 0 aliphatic carbocycles. The highest BCUT2D eigenvalue weighted by Crippen LogP contribution is 2.19. The number of nitrogens with two attached hydrogens (primary N) is 1. The molecule has 1 atom stereocenters. The van der Waals surface area contributed by atoms with Crippen LogP contribution < -0.4 is 16.4 Å². The van der Waals surface area contributed by atoms with Crippen LogP contribution in [0.2, 0.25) is 0 Å². The lowest BCUT2D eigenvalue weighted by Crippen LogP contribution is -2.52. The van der Waals surface area contributed by atoms with Crippen molar-refractivity contribution in [1.82, 2.24) is 20.6 Å². The molecule has 1 aromatic heterocycles. The number of benzene rings is 1. The highest BCUT2D eigenvalue weighted by Gasteiger charge is 2.20. The van der Waals surface area contributed by atoms with Crippen LogP contribution in [0.4, 0.5) is 5.82 Å². The minimum atomic E-state index is -0.102. The Morgan fingerprint density at radius 3 is 3.05 bits per heavy atom. The third-order valence-electron chi connectivity index (χ3n) is 3.58. The van der Waals surface area contributed by atoms with Gasteiger partial charge < -0.3 is 16.4 Å². The molecule has 1 aromatic carbocycles. The largest absolute Gasteiger partial charge is 0.383 e. The van der Waals surface area contributed by atoms with Crippen molar-refractivity contribution in [2.45, 2.75) is 18.9 Å². The van der Waals surface area contributed by atoms with Crippen LogP contribution in [0.25, 0.3) is 10.9 Å². The second-order valence-electron chi connectivity index (χ2n) is 4.95. The van der Waals surface area contributed by atoms with E-state index in [0.29, 0.717) is 12.4 Å². The Labute approximate surface area is 116 Å². The maximum absolute atomic E-state index is 11.7. The molecule has 0 saturated carbocycles. The van der Waals surface area contributed by atoms with Crippen molar-refractivity contribution >= 4 is 22.6 Å². The van der Waals surface area contributed by atoms with E-state index in [2.05, 4.69) is 20.6 Å². The molecule has 6 heteroatoms. The molecular formula is C14H17N5O. The third-order valence-corrected chi connectivity index (χ3v) is 3.58. The number of hydrogen-bond donors (Lipinski definition) is 3. The Bertz CT molecular complexity index is 642. The third kappa shape index (κ3) is 2.55. The van der Waals surface area contributed by atoms with Gasteiger partial charge in [-0.15, -0.1) is 0 Å². The van der Waals surface area contributed by atoms with Crippen LogP contribution >= 0.6 is 0 Å². The molecule has 1 saturated heterocycles. The Balaban J connectivity index is 1.73. The summed E-state index contributed by atoms with van der Waals surface area (Å²) >= 11 is 0.